The summed E-state index contributed by atoms with van der Waals surface area (Å²) < 4.78 is 40.7. The molecule has 1 aliphatic carbocycles. The lowest BCUT2D eigenvalue weighted by Gasteiger charge is -2.15. The fraction of sp³-hybridized carbons (Fsp3) is 0.526. The summed E-state index contributed by atoms with van der Waals surface area (Å²) in [5.41, 5.74) is -0.547. The van der Waals surface area contributed by atoms with Crippen LogP contribution in [0.1, 0.15) is 23.3 Å². The van der Waals surface area contributed by atoms with Crippen molar-refractivity contribution in [2.75, 3.05) is 13.7 Å². The predicted octanol–water partition coefficient (Wildman–Crippen LogP) is 3.59. The summed E-state index contributed by atoms with van der Waals surface area (Å²) in [5.74, 6) is -0.680. The molecule has 1 aromatic heterocycles. The number of ether oxygens (including phenoxy) is 2. The lowest BCUT2D eigenvalue weighted by Crippen LogP contribution is -2.34. The van der Waals surface area contributed by atoms with Crippen LogP contribution in [0.2, 0.25) is 25.7 Å². The van der Waals surface area contributed by atoms with E-state index in [-0.39, 0.29) is 17.3 Å². The van der Waals surface area contributed by atoms with Crippen LogP contribution in [0.3, 0.4) is 0 Å². The second-order valence-corrected chi connectivity index (χ2v) is 16.9. The van der Waals surface area contributed by atoms with Crippen LogP contribution in [0.5, 0.6) is 0 Å². The Bertz CT molecular complexity index is 1160. The molecular formula is C19H25BrN4O5SSi. The first-order chi connectivity index (χ1) is 14.4. The van der Waals surface area contributed by atoms with Crippen LogP contribution in [0.25, 0.3) is 15.7 Å². The van der Waals surface area contributed by atoms with E-state index in [4.69, 9.17) is 16.0 Å². The molecule has 1 fully saturated rings. The van der Waals surface area contributed by atoms with Gasteiger partial charge in [0.2, 0.25) is 10.0 Å². The van der Waals surface area contributed by atoms with Crippen LogP contribution >= 0.6 is 15.9 Å². The molecule has 1 saturated carbocycles. The molecule has 1 heterocycles. The van der Waals surface area contributed by atoms with Crippen molar-refractivity contribution in [3.63, 3.8) is 0 Å². The van der Waals surface area contributed by atoms with Gasteiger partial charge in [-0.25, -0.2) is 24.5 Å². The predicted molar refractivity (Wildman–Crippen MR) is 122 cm³/mol. The third-order valence-corrected chi connectivity index (χ3v) is 8.75. The lowest BCUT2D eigenvalue weighted by atomic mass is 10.2. The molecule has 0 saturated heterocycles. The molecule has 31 heavy (non-hydrogen) atoms. The van der Waals surface area contributed by atoms with Crippen molar-refractivity contribution in [3.8, 4) is 0 Å². The van der Waals surface area contributed by atoms with Gasteiger partial charge in [-0.15, -0.1) is 4.72 Å². The molecule has 9 nitrogen and oxygen atoms in total. The molecule has 0 amide bonds. The number of esters is 1. The van der Waals surface area contributed by atoms with Crippen LogP contribution in [-0.2, 0) is 26.2 Å². The Kier molecular flexibility index (Phi) is 6.64. The number of sulfonamides is 1. The minimum atomic E-state index is -3.97. The van der Waals surface area contributed by atoms with E-state index in [9.17, 15) is 13.2 Å². The van der Waals surface area contributed by atoms with Crippen LogP contribution in [0, 0.1) is 6.57 Å². The molecular weight excluding hydrogens is 504 g/mol. The molecule has 2 aromatic rings. The zero-order valence-corrected chi connectivity index (χ0v) is 21.3. The summed E-state index contributed by atoms with van der Waals surface area (Å²) in [6.07, 6.45) is 0.943. The number of aromatic nitrogens is 2. The number of fused-ring (bicyclic) bond motifs is 1. The summed E-state index contributed by atoms with van der Waals surface area (Å²) in [6, 6.07) is 3.79. The van der Waals surface area contributed by atoms with Crippen molar-refractivity contribution in [1.82, 2.24) is 14.5 Å². The quantitative estimate of drug-likeness (QED) is 0.231. The highest BCUT2D eigenvalue weighted by Crippen LogP contribution is 2.39. The number of nitrogens with one attached hydrogen (secondary N) is 1. The number of methoxy groups -OCH3 is 1. The van der Waals surface area contributed by atoms with E-state index in [1.807, 2.05) is 0 Å². The maximum Gasteiger partial charge on any atom is 0.359 e. The van der Waals surface area contributed by atoms with Gasteiger partial charge in [0, 0.05) is 24.5 Å². The summed E-state index contributed by atoms with van der Waals surface area (Å²) >= 11 is 3.41. The van der Waals surface area contributed by atoms with E-state index < -0.39 is 29.7 Å². The fourth-order valence-electron chi connectivity index (χ4n) is 2.93. The van der Waals surface area contributed by atoms with Gasteiger partial charge in [-0.3, -0.25) is 4.85 Å². The van der Waals surface area contributed by atoms with E-state index >= 15 is 0 Å². The van der Waals surface area contributed by atoms with E-state index in [1.54, 1.807) is 0 Å². The van der Waals surface area contributed by atoms with Crippen molar-refractivity contribution >= 4 is 50.9 Å². The maximum atomic E-state index is 12.9. The maximum absolute atomic E-state index is 12.9. The van der Waals surface area contributed by atoms with Crippen molar-refractivity contribution in [3.05, 3.63) is 33.7 Å². The largest absolute Gasteiger partial charge is 0.464 e. The summed E-state index contributed by atoms with van der Waals surface area (Å²) in [5, 5.41) is 4.64. The molecule has 0 spiro atoms. The van der Waals surface area contributed by atoms with Crippen LogP contribution in [0.15, 0.2) is 21.5 Å². The topological polar surface area (TPSA) is 104 Å². The third kappa shape index (κ3) is 5.35. The van der Waals surface area contributed by atoms with Gasteiger partial charge < -0.3 is 9.47 Å². The van der Waals surface area contributed by atoms with Gasteiger partial charge in [0.1, 0.15) is 6.73 Å². The van der Waals surface area contributed by atoms with Gasteiger partial charge in [0.25, 0.3) is 5.66 Å². The first-order valence-corrected chi connectivity index (χ1v) is 15.7. The number of nitrogens with zero attached hydrogens (tertiary/aromatic N) is 3. The lowest BCUT2D eigenvalue weighted by molar-refractivity contribution is 0.0585. The second kappa shape index (κ2) is 8.63. The van der Waals surface area contributed by atoms with Crippen LogP contribution in [-0.4, -0.2) is 51.6 Å². The van der Waals surface area contributed by atoms with Crippen molar-refractivity contribution in [1.29, 1.82) is 0 Å². The highest BCUT2D eigenvalue weighted by atomic mass is 79.9. The molecule has 0 radical (unpaired) electrons. The molecule has 0 aliphatic heterocycles. The summed E-state index contributed by atoms with van der Waals surface area (Å²) in [7, 11) is -3.99. The van der Waals surface area contributed by atoms with Gasteiger partial charge in [0.15, 0.2) is 5.69 Å². The highest BCUT2D eigenvalue weighted by Gasteiger charge is 2.54. The van der Waals surface area contributed by atoms with Gasteiger partial charge >= 0.3 is 5.97 Å². The minimum Gasteiger partial charge on any atom is -0.464 e. The van der Waals surface area contributed by atoms with E-state index in [1.165, 1.54) is 23.9 Å². The Morgan fingerprint density at radius 3 is 2.61 bits per heavy atom. The first-order valence-electron chi connectivity index (χ1n) is 9.70. The SMILES string of the molecule is [C-]#[N+]C1(NS(=O)(=O)c2cc(Br)c3c(c2)c(C(=O)OC)nn3COCC[Si](C)(C)C)CC1. The number of hydrogen-bond donors (Lipinski definition) is 1. The standard InChI is InChI=1S/C19H25BrN4O5SSi/c1-21-19(6-7-19)23-30(26,27)13-10-14-16(18(25)28-2)22-24(17(14)15(20)11-13)12-29-8-9-31(3,4)5/h10-11,23H,6-9,12H2,2-5H3. The smallest absolute Gasteiger partial charge is 0.359 e. The monoisotopic (exact) mass is 528 g/mol. The normalized spacial score (nSPS) is 15.6. The van der Waals surface area contributed by atoms with Gasteiger partial charge in [-0.1, -0.05) is 19.6 Å². The van der Waals surface area contributed by atoms with E-state index in [0.29, 0.717) is 34.8 Å². The number of rotatable bonds is 9. The van der Waals surface area contributed by atoms with Gasteiger partial charge in [-0.05, 0) is 34.1 Å². The zero-order chi connectivity index (χ0) is 23.0. The van der Waals surface area contributed by atoms with Gasteiger partial charge in [-0.2, -0.15) is 5.10 Å². The Labute approximate surface area is 191 Å². The average molecular weight is 529 g/mol. The van der Waals surface area contributed by atoms with Crippen LogP contribution < -0.4 is 4.72 Å². The summed E-state index contributed by atoms with van der Waals surface area (Å²) in [4.78, 5) is 15.6. The molecule has 1 N–H and O–H groups in total. The summed E-state index contributed by atoms with van der Waals surface area (Å²) in [6.45, 7) is 14.7. The zero-order valence-electron chi connectivity index (χ0n) is 17.9. The Morgan fingerprint density at radius 2 is 2.06 bits per heavy atom. The fourth-order valence-corrected chi connectivity index (χ4v) is 5.92. The molecule has 1 aromatic carbocycles. The molecule has 3 rings (SSSR count). The first kappa shape index (κ1) is 23.9. The van der Waals surface area contributed by atoms with E-state index in [0.717, 1.165) is 6.04 Å². The minimum absolute atomic E-state index is 0.00430. The molecule has 0 atom stereocenters. The Hall–Kier alpha value is -1.78. The molecule has 0 bridgehead atoms. The molecule has 0 unspecified atom stereocenters. The Balaban J connectivity index is 1.99. The number of carbonyl (C=O) groups is 1. The number of benzene rings is 1. The average Bonchev–Trinajstić information content (AvgIpc) is 3.35. The van der Waals surface area contributed by atoms with Crippen molar-refractivity contribution in [2.45, 2.75) is 55.8 Å². The van der Waals surface area contributed by atoms with Crippen LogP contribution in [0.4, 0.5) is 0 Å². The third-order valence-electron chi connectivity index (χ3n) is 4.93. The second-order valence-electron chi connectivity index (χ2n) is 8.74. The molecule has 1 aliphatic rings. The number of halogens is 1. The molecule has 12 heteroatoms. The van der Waals surface area contributed by atoms with Gasteiger partial charge in [0.05, 0.1) is 30.4 Å². The Morgan fingerprint density at radius 1 is 1.39 bits per heavy atom. The highest BCUT2D eigenvalue weighted by molar-refractivity contribution is 9.10. The van der Waals surface area contributed by atoms with Crippen molar-refractivity contribution < 1.29 is 22.7 Å². The number of carbonyl (C=O) groups excluding carboxylic acids is 1. The van der Waals surface area contributed by atoms with Crippen molar-refractivity contribution in [2.24, 2.45) is 0 Å². The number of hydrogen-bond acceptors (Lipinski definition) is 6. The van der Waals surface area contributed by atoms with E-state index in [2.05, 4.69) is 50.2 Å². The molecule has 168 valence electrons.